The Morgan fingerprint density at radius 1 is 1.27 bits per heavy atom. The molecule has 2 N–H and O–H groups in total. The lowest BCUT2D eigenvalue weighted by atomic mass is 10.1. The van der Waals surface area contributed by atoms with Crippen LogP contribution in [-0.4, -0.2) is 10.9 Å². The summed E-state index contributed by atoms with van der Waals surface area (Å²) in [5.74, 6) is 0.0802. The van der Waals surface area contributed by atoms with Crippen molar-refractivity contribution in [2.75, 3.05) is 0 Å². The molecule has 0 saturated heterocycles. The lowest BCUT2D eigenvalue weighted by Gasteiger charge is -2.06. The van der Waals surface area contributed by atoms with E-state index >= 15 is 0 Å². The Balaban J connectivity index is 0.00000121. The second-order valence-corrected chi connectivity index (χ2v) is 5.68. The zero-order valence-electron chi connectivity index (χ0n) is 12.0. The van der Waals surface area contributed by atoms with Crippen LogP contribution in [0.2, 0.25) is 0 Å². The molecule has 0 saturated carbocycles. The molecule has 0 aliphatic carbocycles. The molecule has 0 unspecified atom stereocenters. The Bertz CT molecular complexity index is 605. The van der Waals surface area contributed by atoms with Crippen LogP contribution in [0, 0.1) is 0 Å². The molecule has 7 heteroatoms. The Hall–Kier alpha value is -1.14. The lowest BCUT2D eigenvalue weighted by molar-refractivity contribution is -0.121. The summed E-state index contributed by atoms with van der Waals surface area (Å²) in [7, 11) is 0. The molecule has 1 amide bonds. The number of hydrogen-bond donors (Lipinski definition) is 2. The van der Waals surface area contributed by atoms with Crippen molar-refractivity contribution >= 4 is 42.1 Å². The van der Waals surface area contributed by atoms with E-state index in [1.165, 1.54) is 11.1 Å². The predicted molar refractivity (Wildman–Crippen MR) is 93.8 cm³/mol. The highest BCUT2D eigenvalue weighted by Crippen LogP contribution is 2.16. The first-order valence-electron chi connectivity index (χ1n) is 6.76. The monoisotopic (exact) mass is 359 g/mol. The van der Waals surface area contributed by atoms with Crippen molar-refractivity contribution in [1.29, 1.82) is 0 Å². The molecule has 22 heavy (non-hydrogen) atoms. The summed E-state index contributed by atoms with van der Waals surface area (Å²) in [5.41, 5.74) is 6.66. The smallest absolute Gasteiger partial charge is 0.220 e. The molecule has 0 atom stereocenters. The van der Waals surface area contributed by atoms with Crippen LogP contribution >= 0.6 is 36.2 Å². The van der Waals surface area contributed by atoms with Crippen LogP contribution in [0.15, 0.2) is 29.1 Å². The Kier molecular flexibility index (Phi) is 7.82. The standard InChI is InChI=1S/C15H17N3OS.2ClH/c19-15(4-3-14-9-20-10-18-14)17-6-11-1-2-12-7-16-8-13(12)5-11;;/h1-2,5,9-10,16H,3-4,6-8H2,(H,17,19);2*1H. The zero-order valence-corrected chi connectivity index (χ0v) is 14.5. The quantitative estimate of drug-likeness (QED) is 0.862. The molecule has 2 heterocycles. The second-order valence-electron chi connectivity index (χ2n) is 4.96. The highest BCUT2D eigenvalue weighted by atomic mass is 35.5. The van der Waals surface area contributed by atoms with E-state index in [9.17, 15) is 4.79 Å². The fourth-order valence-corrected chi connectivity index (χ4v) is 2.94. The van der Waals surface area contributed by atoms with Crippen LogP contribution in [0.3, 0.4) is 0 Å². The zero-order chi connectivity index (χ0) is 13.8. The van der Waals surface area contributed by atoms with Gasteiger partial charge in [-0.2, -0.15) is 0 Å². The van der Waals surface area contributed by atoms with Gasteiger partial charge in [0.05, 0.1) is 11.2 Å². The third-order valence-electron chi connectivity index (χ3n) is 3.48. The van der Waals surface area contributed by atoms with Gasteiger partial charge in [-0.25, -0.2) is 4.98 Å². The highest BCUT2D eigenvalue weighted by molar-refractivity contribution is 7.07. The Labute approximate surface area is 146 Å². The molecule has 1 aromatic carbocycles. The first-order valence-corrected chi connectivity index (χ1v) is 7.71. The van der Waals surface area contributed by atoms with Gasteiger partial charge in [-0.05, 0) is 23.1 Å². The summed E-state index contributed by atoms with van der Waals surface area (Å²) in [5, 5.41) is 8.28. The highest BCUT2D eigenvalue weighted by Gasteiger charge is 2.10. The number of nitrogens with one attached hydrogen (secondary N) is 2. The number of thiazole rings is 1. The van der Waals surface area contributed by atoms with E-state index < -0.39 is 0 Å². The summed E-state index contributed by atoms with van der Waals surface area (Å²) >= 11 is 1.56. The van der Waals surface area contributed by atoms with E-state index in [1.54, 1.807) is 16.8 Å². The maximum atomic E-state index is 11.8. The molecule has 4 nitrogen and oxygen atoms in total. The van der Waals surface area contributed by atoms with Gasteiger partial charge in [0.25, 0.3) is 0 Å². The third kappa shape index (κ3) is 4.95. The van der Waals surface area contributed by atoms with Crippen molar-refractivity contribution in [3.63, 3.8) is 0 Å². The van der Waals surface area contributed by atoms with Crippen molar-refractivity contribution in [2.45, 2.75) is 32.5 Å². The molecule has 0 bridgehead atoms. The number of rotatable bonds is 5. The van der Waals surface area contributed by atoms with Crippen molar-refractivity contribution < 1.29 is 4.79 Å². The fraction of sp³-hybridized carbons (Fsp3) is 0.333. The van der Waals surface area contributed by atoms with E-state index in [4.69, 9.17) is 0 Å². The number of hydrogen-bond acceptors (Lipinski definition) is 4. The van der Waals surface area contributed by atoms with Gasteiger partial charge >= 0.3 is 0 Å². The average Bonchev–Trinajstić information content (AvgIpc) is 3.13. The van der Waals surface area contributed by atoms with E-state index in [0.717, 1.165) is 24.3 Å². The number of carbonyl (C=O) groups excluding carboxylic acids is 1. The molecule has 2 aromatic rings. The molecule has 3 rings (SSSR count). The predicted octanol–water partition coefficient (Wildman–Crippen LogP) is 2.84. The van der Waals surface area contributed by atoms with Crippen LogP contribution in [0.25, 0.3) is 0 Å². The van der Waals surface area contributed by atoms with Gasteiger partial charge in [0.2, 0.25) is 5.91 Å². The maximum Gasteiger partial charge on any atom is 0.220 e. The van der Waals surface area contributed by atoms with Gasteiger partial charge < -0.3 is 10.6 Å². The van der Waals surface area contributed by atoms with Gasteiger partial charge in [-0.15, -0.1) is 36.2 Å². The Morgan fingerprint density at radius 2 is 2.09 bits per heavy atom. The van der Waals surface area contributed by atoms with Gasteiger partial charge in [0.15, 0.2) is 0 Å². The molecule has 0 fully saturated rings. The van der Waals surface area contributed by atoms with Crippen molar-refractivity contribution in [1.82, 2.24) is 15.6 Å². The summed E-state index contributed by atoms with van der Waals surface area (Å²) in [6, 6.07) is 6.41. The number of carbonyl (C=O) groups is 1. The number of benzene rings is 1. The van der Waals surface area contributed by atoms with Crippen LogP contribution in [0.1, 0.15) is 28.8 Å². The third-order valence-corrected chi connectivity index (χ3v) is 4.12. The molecule has 1 aromatic heterocycles. The fourth-order valence-electron chi connectivity index (χ4n) is 2.35. The van der Waals surface area contributed by atoms with E-state index in [0.29, 0.717) is 19.4 Å². The number of nitrogens with zero attached hydrogens (tertiary/aromatic N) is 1. The van der Waals surface area contributed by atoms with E-state index in [-0.39, 0.29) is 30.7 Å². The number of aromatic nitrogens is 1. The molecule has 120 valence electrons. The van der Waals surface area contributed by atoms with Crippen LogP contribution in [-0.2, 0) is 30.8 Å². The first-order chi connectivity index (χ1) is 9.81. The van der Waals surface area contributed by atoms with Crippen molar-refractivity contribution in [3.8, 4) is 0 Å². The minimum Gasteiger partial charge on any atom is -0.352 e. The summed E-state index contributed by atoms with van der Waals surface area (Å²) < 4.78 is 0. The minimum absolute atomic E-state index is 0. The number of fused-ring (bicyclic) bond motifs is 1. The second kappa shape index (κ2) is 9.10. The molecule has 0 spiro atoms. The van der Waals surface area contributed by atoms with Crippen molar-refractivity contribution in [3.05, 3.63) is 51.5 Å². The topological polar surface area (TPSA) is 54.0 Å². The van der Waals surface area contributed by atoms with Crippen molar-refractivity contribution in [2.24, 2.45) is 0 Å². The molecule has 1 aliphatic rings. The molecule has 1 aliphatic heterocycles. The van der Waals surface area contributed by atoms with Crippen LogP contribution in [0.5, 0.6) is 0 Å². The van der Waals surface area contributed by atoms with Crippen LogP contribution in [0.4, 0.5) is 0 Å². The Morgan fingerprint density at radius 3 is 2.86 bits per heavy atom. The number of amides is 1. The molecular weight excluding hydrogens is 341 g/mol. The lowest BCUT2D eigenvalue weighted by Crippen LogP contribution is -2.23. The summed E-state index contributed by atoms with van der Waals surface area (Å²) in [6.45, 7) is 2.49. The number of aryl methyl sites for hydroxylation is 1. The summed E-state index contributed by atoms with van der Waals surface area (Å²) in [6.07, 6.45) is 1.21. The molecular formula is C15H19Cl2N3OS. The SMILES string of the molecule is Cl.Cl.O=C(CCc1cscn1)NCc1ccc2c(c1)CNC2. The van der Waals surface area contributed by atoms with Crippen LogP contribution < -0.4 is 10.6 Å². The molecule has 0 radical (unpaired) electrons. The average molecular weight is 360 g/mol. The van der Waals surface area contributed by atoms with E-state index in [2.05, 4.69) is 33.8 Å². The van der Waals surface area contributed by atoms with E-state index in [1.807, 2.05) is 5.38 Å². The minimum atomic E-state index is 0. The van der Waals surface area contributed by atoms with Gasteiger partial charge in [0.1, 0.15) is 0 Å². The van der Waals surface area contributed by atoms with Gasteiger partial charge in [0, 0.05) is 31.4 Å². The maximum absolute atomic E-state index is 11.8. The van der Waals surface area contributed by atoms with Gasteiger partial charge in [-0.3, -0.25) is 4.79 Å². The first kappa shape index (κ1) is 18.9. The summed E-state index contributed by atoms with van der Waals surface area (Å²) in [4.78, 5) is 16.0. The van der Waals surface area contributed by atoms with Gasteiger partial charge in [-0.1, -0.05) is 18.2 Å². The number of halogens is 2. The largest absolute Gasteiger partial charge is 0.352 e. The normalized spacial score (nSPS) is 12.0.